The van der Waals surface area contributed by atoms with Crippen molar-refractivity contribution in [3.63, 3.8) is 0 Å². The Hall–Kier alpha value is -2.05. The van der Waals surface area contributed by atoms with Crippen molar-refractivity contribution >= 4 is 10.1 Å². The predicted molar refractivity (Wildman–Crippen MR) is 92.3 cm³/mol. The van der Waals surface area contributed by atoms with Gasteiger partial charge in [-0.3, -0.25) is 4.55 Å². The number of ether oxygens (including phenoxy) is 1. The van der Waals surface area contributed by atoms with Gasteiger partial charge in [-0.05, 0) is 42.7 Å². The highest BCUT2D eigenvalue weighted by atomic mass is 32.2. The normalized spacial score (nSPS) is 11.4. The fourth-order valence-corrected chi connectivity index (χ4v) is 3.06. The molecule has 0 atom stereocenters. The smallest absolute Gasteiger partial charge is 0.298 e. The van der Waals surface area contributed by atoms with Crippen LogP contribution in [0.25, 0.3) is 0 Å². The number of benzene rings is 2. The van der Waals surface area contributed by atoms with Crippen molar-refractivity contribution < 1.29 is 22.8 Å². The summed E-state index contributed by atoms with van der Waals surface area (Å²) in [5, 5.41) is 9.42. The summed E-state index contributed by atoms with van der Waals surface area (Å²) in [6.07, 6.45) is 5.58. The lowest BCUT2D eigenvalue weighted by Crippen LogP contribution is -2.01. The molecule has 0 amide bonds. The Morgan fingerprint density at radius 2 is 1.83 bits per heavy atom. The van der Waals surface area contributed by atoms with Crippen molar-refractivity contribution in [1.29, 1.82) is 0 Å². The fraction of sp³-hybridized carbons (Fsp3) is 0.333. The minimum Gasteiger partial charge on any atom is -0.508 e. The molecule has 0 radical (unpaired) electrons. The van der Waals surface area contributed by atoms with Gasteiger partial charge >= 0.3 is 0 Å². The van der Waals surface area contributed by atoms with E-state index in [2.05, 4.69) is 6.92 Å². The number of phenols is 1. The zero-order valence-corrected chi connectivity index (χ0v) is 14.4. The third-order valence-corrected chi connectivity index (χ3v) is 4.53. The second-order valence-corrected chi connectivity index (χ2v) is 7.06. The maximum atomic E-state index is 11.4. The largest absolute Gasteiger partial charge is 0.508 e. The van der Waals surface area contributed by atoms with E-state index in [1.165, 1.54) is 31.4 Å². The number of rotatable bonds is 8. The van der Waals surface area contributed by atoms with Crippen LogP contribution in [0.1, 0.15) is 38.2 Å². The standard InChI is InChI=1S/C18H22O5S/c1-2-3-4-5-7-14-8-6-9-16(12-14)23-17-11-10-15(19)13-18(17)24(20,21)22/h6,8-13,19H,2-5,7H2,1H3,(H,20,21,22). The molecule has 0 saturated heterocycles. The Labute approximate surface area is 142 Å². The molecule has 2 N–H and O–H groups in total. The van der Waals surface area contributed by atoms with Crippen molar-refractivity contribution in [1.82, 2.24) is 0 Å². The van der Waals surface area contributed by atoms with Gasteiger partial charge in [0.15, 0.2) is 0 Å². The number of aromatic hydroxyl groups is 1. The second-order valence-electron chi connectivity index (χ2n) is 5.67. The summed E-state index contributed by atoms with van der Waals surface area (Å²) in [4.78, 5) is -0.462. The molecule has 0 fully saturated rings. The van der Waals surface area contributed by atoms with E-state index < -0.39 is 15.0 Å². The maximum Gasteiger partial charge on any atom is 0.298 e. The minimum absolute atomic E-state index is 0.0292. The predicted octanol–water partition coefficient (Wildman–Crippen LogP) is 4.55. The van der Waals surface area contributed by atoms with Gasteiger partial charge in [-0.25, -0.2) is 0 Å². The molecule has 0 aliphatic heterocycles. The first-order chi connectivity index (χ1) is 11.4. The molecule has 0 aromatic heterocycles. The summed E-state index contributed by atoms with van der Waals surface area (Å²) in [6.45, 7) is 2.17. The summed E-state index contributed by atoms with van der Waals surface area (Å²) in [5.41, 5.74) is 1.11. The topological polar surface area (TPSA) is 83.8 Å². The average Bonchev–Trinajstić information content (AvgIpc) is 2.53. The van der Waals surface area contributed by atoms with Gasteiger partial charge < -0.3 is 9.84 Å². The van der Waals surface area contributed by atoms with Gasteiger partial charge in [0.25, 0.3) is 10.1 Å². The quantitative estimate of drug-likeness (QED) is 0.539. The lowest BCUT2D eigenvalue weighted by atomic mass is 10.1. The van der Waals surface area contributed by atoms with E-state index in [0.717, 1.165) is 24.5 Å². The Balaban J connectivity index is 2.17. The molecule has 0 spiro atoms. The van der Waals surface area contributed by atoms with Gasteiger partial charge in [-0.1, -0.05) is 38.3 Å². The van der Waals surface area contributed by atoms with Crippen molar-refractivity contribution in [3.8, 4) is 17.2 Å². The molecule has 2 aromatic carbocycles. The number of hydrogen-bond donors (Lipinski definition) is 2. The first-order valence-electron chi connectivity index (χ1n) is 7.97. The molecule has 0 unspecified atom stereocenters. The average molecular weight is 350 g/mol. The molecule has 2 aromatic rings. The van der Waals surface area contributed by atoms with Crippen molar-refractivity contribution in [3.05, 3.63) is 48.0 Å². The molecule has 0 bridgehead atoms. The Bertz CT molecular complexity index is 784. The number of phenolic OH excluding ortho intramolecular Hbond substituents is 1. The van der Waals surface area contributed by atoms with E-state index >= 15 is 0 Å². The third kappa shape index (κ3) is 5.25. The van der Waals surface area contributed by atoms with Gasteiger partial charge in [0, 0.05) is 6.07 Å². The van der Waals surface area contributed by atoms with E-state index in [1.54, 1.807) is 6.07 Å². The van der Waals surface area contributed by atoms with Gasteiger partial charge in [-0.15, -0.1) is 0 Å². The summed E-state index contributed by atoms with van der Waals surface area (Å²) in [6, 6.07) is 11.0. The van der Waals surface area contributed by atoms with Crippen LogP contribution in [0.15, 0.2) is 47.4 Å². The van der Waals surface area contributed by atoms with Crippen LogP contribution in [-0.2, 0) is 16.5 Å². The van der Waals surface area contributed by atoms with Crippen LogP contribution in [0, 0.1) is 0 Å². The highest BCUT2D eigenvalue weighted by Crippen LogP contribution is 2.32. The Morgan fingerprint density at radius 1 is 1.04 bits per heavy atom. The van der Waals surface area contributed by atoms with E-state index in [9.17, 15) is 18.1 Å². The highest BCUT2D eigenvalue weighted by Gasteiger charge is 2.18. The number of hydrogen-bond acceptors (Lipinski definition) is 4. The van der Waals surface area contributed by atoms with Crippen LogP contribution in [0.3, 0.4) is 0 Å². The van der Waals surface area contributed by atoms with E-state index in [0.29, 0.717) is 5.75 Å². The molecule has 130 valence electrons. The van der Waals surface area contributed by atoms with Gasteiger partial charge in [0.2, 0.25) is 0 Å². The third-order valence-electron chi connectivity index (χ3n) is 3.65. The minimum atomic E-state index is -4.49. The van der Waals surface area contributed by atoms with Crippen molar-refractivity contribution in [2.75, 3.05) is 0 Å². The molecular weight excluding hydrogens is 328 g/mol. The Kier molecular flexibility index (Phi) is 6.23. The first kappa shape index (κ1) is 18.3. The zero-order chi connectivity index (χ0) is 17.6. The van der Waals surface area contributed by atoms with Crippen LogP contribution in [0.5, 0.6) is 17.2 Å². The number of aryl methyl sites for hydroxylation is 1. The van der Waals surface area contributed by atoms with Gasteiger partial charge in [0.05, 0.1) is 0 Å². The fourth-order valence-electron chi connectivity index (χ4n) is 2.43. The monoisotopic (exact) mass is 350 g/mol. The van der Waals surface area contributed by atoms with Crippen LogP contribution < -0.4 is 4.74 Å². The molecule has 6 heteroatoms. The van der Waals surface area contributed by atoms with Gasteiger partial charge in [0.1, 0.15) is 22.1 Å². The molecule has 0 aliphatic carbocycles. The molecule has 0 heterocycles. The lowest BCUT2D eigenvalue weighted by molar-refractivity contribution is 0.438. The summed E-state index contributed by atoms with van der Waals surface area (Å²) < 4.78 is 37.7. The second kappa shape index (κ2) is 8.17. The van der Waals surface area contributed by atoms with E-state index in [4.69, 9.17) is 4.74 Å². The molecule has 24 heavy (non-hydrogen) atoms. The SMILES string of the molecule is CCCCCCc1cccc(Oc2ccc(O)cc2S(=O)(=O)O)c1. The molecule has 5 nitrogen and oxygen atoms in total. The van der Waals surface area contributed by atoms with Crippen LogP contribution in [0.4, 0.5) is 0 Å². The molecule has 2 rings (SSSR count). The highest BCUT2D eigenvalue weighted by molar-refractivity contribution is 7.86. The van der Waals surface area contributed by atoms with Gasteiger partial charge in [-0.2, -0.15) is 8.42 Å². The first-order valence-corrected chi connectivity index (χ1v) is 9.41. The summed E-state index contributed by atoms with van der Waals surface area (Å²) in [7, 11) is -4.49. The zero-order valence-electron chi connectivity index (χ0n) is 13.6. The Morgan fingerprint density at radius 3 is 2.54 bits per heavy atom. The van der Waals surface area contributed by atoms with Crippen LogP contribution in [-0.4, -0.2) is 18.1 Å². The molecule has 0 aliphatic rings. The number of unbranched alkanes of at least 4 members (excludes halogenated alkanes) is 3. The molecule has 0 saturated carbocycles. The van der Waals surface area contributed by atoms with E-state index in [-0.39, 0.29) is 11.5 Å². The van der Waals surface area contributed by atoms with Crippen LogP contribution >= 0.6 is 0 Å². The maximum absolute atomic E-state index is 11.4. The van der Waals surface area contributed by atoms with E-state index in [1.807, 2.05) is 18.2 Å². The lowest BCUT2D eigenvalue weighted by Gasteiger charge is -2.11. The van der Waals surface area contributed by atoms with Crippen molar-refractivity contribution in [2.24, 2.45) is 0 Å². The van der Waals surface area contributed by atoms with Crippen molar-refractivity contribution in [2.45, 2.75) is 43.9 Å². The molecular formula is C18H22O5S. The summed E-state index contributed by atoms with van der Waals surface area (Å²) >= 11 is 0. The van der Waals surface area contributed by atoms with Crippen LogP contribution in [0.2, 0.25) is 0 Å². The summed E-state index contributed by atoms with van der Waals surface area (Å²) in [5.74, 6) is 0.191.